The van der Waals surface area contributed by atoms with Crippen molar-refractivity contribution in [3.63, 3.8) is 0 Å². The third-order valence-corrected chi connectivity index (χ3v) is 5.10. The van der Waals surface area contributed by atoms with Crippen molar-refractivity contribution in [2.24, 2.45) is 10.9 Å². The van der Waals surface area contributed by atoms with Gasteiger partial charge in [-0.1, -0.05) is 13.8 Å². The maximum absolute atomic E-state index is 5.48. The Labute approximate surface area is 155 Å². The number of unbranched alkanes of at least 4 members (excludes halogenated alkanes) is 1. The number of hydrogen-bond acceptors (Lipinski definition) is 4. The molecule has 2 N–H and O–H groups in total. The quantitative estimate of drug-likeness (QED) is 0.354. The number of ether oxygens (including phenoxy) is 1. The first kappa shape index (κ1) is 22.2. The lowest BCUT2D eigenvalue weighted by atomic mass is 10.0. The highest BCUT2D eigenvalue weighted by Crippen LogP contribution is 2.12. The van der Waals surface area contributed by atoms with E-state index in [1.54, 1.807) is 0 Å². The van der Waals surface area contributed by atoms with Crippen molar-refractivity contribution in [2.75, 3.05) is 60.0 Å². The van der Waals surface area contributed by atoms with Crippen LogP contribution in [0.3, 0.4) is 0 Å². The number of morpholine rings is 1. The summed E-state index contributed by atoms with van der Waals surface area (Å²) >= 11 is 0. The first-order valence-corrected chi connectivity index (χ1v) is 9.92. The van der Waals surface area contributed by atoms with E-state index < -0.39 is 0 Å². The summed E-state index contributed by atoms with van der Waals surface area (Å²) in [5.41, 5.74) is 0. The van der Waals surface area contributed by atoms with E-state index in [0.29, 0.717) is 18.0 Å². The van der Waals surface area contributed by atoms with Crippen molar-refractivity contribution in [1.29, 1.82) is 0 Å². The van der Waals surface area contributed by atoms with Gasteiger partial charge in [0.15, 0.2) is 5.96 Å². The first-order chi connectivity index (χ1) is 12.0. The standard InChI is InChI=1S/C19H41N5O/c1-16(2)18(24-11-13-25-14-12-24)15-22-19(20-5)21-9-7-8-10-23(6)17(3)4/h16-18H,7-15H2,1-6H3,(H2,20,21,22). The molecule has 1 aliphatic heterocycles. The van der Waals surface area contributed by atoms with Crippen LogP contribution in [0.5, 0.6) is 0 Å². The van der Waals surface area contributed by atoms with E-state index in [4.69, 9.17) is 4.74 Å². The molecule has 0 amide bonds. The van der Waals surface area contributed by atoms with Gasteiger partial charge in [0.05, 0.1) is 13.2 Å². The van der Waals surface area contributed by atoms with Crippen LogP contribution >= 0.6 is 0 Å². The summed E-state index contributed by atoms with van der Waals surface area (Å²) in [5.74, 6) is 1.52. The molecule has 0 spiro atoms. The minimum atomic E-state index is 0.516. The van der Waals surface area contributed by atoms with Gasteiger partial charge in [-0.05, 0) is 46.2 Å². The molecule has 6 nitrogen and oxygen atoms in total. The smallest absolute Gasteiger partial charge is 0.191 e. The van der Waals surface area contributed by atoms with E-state index in [9.17, 15) is 0 Å². The molecule has 1 fully saturated rings. The molecule has 25 heavy (non-hydrogen) atoms. The molecule has 0 aromatic heterocycles. The van der Waals surface area contributed by atoms with Crippen LogP contribution in [-0.2, 0) is 4.74 Å². The van der Waals surface area contributed by atoms with Gasteiger partial charge in [0.1, 0.15) is 0 Å². The Bertz CT molecular complexity index is 367. The molecule has 1 saturated heterocycles. The summed E-state index contributed by atoms with van der Waals surface area (Å²) in [5, 5.41) is 6.96. The van der Waals surface area contributed by atoms with Crippen LogP contribution in [0.25, 0.3) is 0 Å². The van der Waals surface area contributed by atoms with E-state index in [1.807, 2.05) is 7.05 Å². The molecule has 0 radical (unpaired) electrons. The fraction of sp³-hybridized carbons (Fsp3) is 0.947. The van der Waals surface area contributed by atoms with Gasteiger partial charge in [0.2, 0.25) is 0 Å². The number of aliphatic imine (C=N–C) groups is 1. The summed E-state index contributed by atoms with van der Waals surface area (Å²) in [4.78, 5) is 9.30. The van der Waals surface area contributed by atoms with Crippen molar-refractivity contribution in [2.45, 2.75) is 52.6 Å². The van der Waals surface area contributed by atoms with Crippen LogP contribution in [0.4, 0.5) is 0 Å². The van der Waals surface area contributed by atoms with Gasteiger partial charge in [-0.15, -0.1) is 0 Å². The van der Waals surface area contributed by atoms with E-state index in [1.165, 1.54) is 6.42 Å². The fourth-order valence-electron chi connectivity index (χ4n) is 3.07. The molecule has 6 heteroatoms. The van der Waals surface area contributed by atoms with Crippen molar-refractivity contribution in [1.82, 2.24) is 20.4 Å². The second-order valence-electron chi connectivity index (χ2n) is 7.62. The van der Waals surface area contributed by atoms with Crippen LogP contribution in [0.15, 0.2) is 4.99 Å². The largest absolute Gasteiger partial charge is 0.379 e. The van der Waals surface area contributed by atoms with E-state index in [2.05, 4.69) is 60.2 Å². The normalized spacial score (nSPS) is 18.2. The molecular weight excluding hydrogens is 314 g/mol. The first-order valence-electron chi connectivity index (χ1n) is 9.92. The maximum Gasteiger partial charge on any atom is 0.191 e. The molecule has 0 aromatic carbocycles. The lowest BCUT2D eigenvalue weighted by Gasteiger charge is -2.37. The van der Waals surface area contributed by atoms with Gasteiger partial charge < -0.3 is 20.3 Å². The molecular formula is C19H41N5O. The summed E-state index contributed by atoms with van der Waals surface area (Å²) in [6, 6.07) is 1.14. The highest BCUT2D eigenvalue weighted by molar-refractivity contribution is 5.79. The minimum Gasteiger partial charge on any atom is -0.379 e. The minimum absolute atomic E-state index is 0.516. The lowest BCUT2D eigenvalue weighted by Crippen LogP contribution is -2.52. The van der Waals surface area contributed by atoms with Crippen molar-refractivity contribution < 1.29 is 4.74 Å². The molecule has 1 atom stereocenters. The number of rotatable bonds is 10. The number of hydrogen-bond donors (Lipinski definition) is 2. The molecule has 1 rings (SSSR count). The molecule has 1 unspecified atom stereocenters. The van der Waals surface area contributed by atoms with E-state index in [-0.39, 0.29) is 0 Å². The van der Waals surface area contributed by atoms with E-state index in [0.717, 1.165) is 58.3 Å². The number of nitrogens with one attached hydrogen (secondary N) is 2. The Morgan fingerprint density at radius 3 is 2.36 bits per heavy atom. The Balaban J connectivity index is 2.27. The average molecular weight is 356 g/mol. The lowest BCUT2D eigenvalue weighted by molar-refractivity contribution is 0.00752. The third kappa shape index (κ3) is 8.88. The molecule has 148 valence electrons. The Morgan fingerprint density at radius 2 is 1.80 bits per heavy atom. The van der Waals surface area contributed by atoms with Gasteiger partial charge in [0.25, 0.3) is 0 Å². The molecule has 0 bridgehead atoms. The number of nitrogens with zero attached hydrogens (tertiary/aromatic N) is 3. The zero-order chi connectivity index (χ0) is 18.7. The SMILES string of the molecule is CN=C(NCCCCN(C)C(C)C)NCC(C(C)C)N1CCOCC1. The summed E-state index contributed by atoms with van der Waals surface area (Å²) in [6.07, 6.45) is 2.37. The van der Waals surface area contributed by atoms with Gasteiger partial charge in [-0.2, -0.15) is 0 Å². The molecule has 0 saturated carbocycles. The van der Waals surface area contributed by atoms with Crippen LogP contribution in [-0.4, -0.2) is 87.9 Å². The maximum atomic E-state index is 5.48. The summed E-state index contributed by atoms with van der Waals surface area (Å²) in [6.45, 7) is 15.9. The highest BCUT2D eigenvalue weighted by atomic mass is 16.5. The van der Waals surface area contributed by atoms with Crippen molar-refractivity contribution in [3.8, 4) is 0 Å². The monoisotopic (exact) mass is 355 g/mol. The van der Waals surface area contributed by atoms with Gasteiger partial charge in [-0.25, -0.2) is 0 Å². The highest BCUT2D eigenvalue weighted by Gasteiger charge is 2.23. The van der Waals surface area contributed by atoms with Gasteiger partial charge >= 0.3 is 0 Å². The van der Waals surface area contributed by atoms with Crippen LogP contribution in [0.1, 0.15) is 40.5 Å². The average Bonchev–Trinajstić information content (AvgIpc) is 2.60. The van der Waals surface area contributed by atoms with Gasteiger partial charge in [0, 0.05) is 45.3 Å². The van der Waals surface area contributed by atoms with Crippen LogP contribution in [0, 0.1) is 5.92 Å². The molecule has 0 aromatic rings. The third-order valence-electron chi connectivity index (χ3n) is 5.10. The Morgan fingerprint density at radius 1 is 1.12 bits per heavy atom. The van der Waals surface area contributed by atoms with Crippen LogP contribution < -0.4 is 10.6 Å². The summed E-state index contributed by atoms with van der Waals surface area (Å²) < 4.78 is 5.48. The zero-order valence-corrected chi connectivity index (χ0v) is 17.3. The topological polar surface area (TPSA) is 52.1 Å². The molecule has 1 aliphatic rings. The van der Waals surface area contributed by atoms with Crippen molar-refractivity contribution in [3.05, 3.63) is 0 Å². The van der Waals surface area contributed by atoms with Gasteiger partial charge in [-0.3, -0.25) is 9.89 Å². The van der Waals surface area contributed by atoms with E-state index >= 15 is 0 Å². The second-order valence-corrected chi connectivity index (χ2v) is 7.62. The second kappa shape index (κ2) is 12.5. The predicted octanol–water partition coefficient (Wildman–Crippen LogP) is 1.63. The molecule has 0 aliphatic carbocycles. The molecule has 1 heterocycles. The fourth-order valence-corrected chi connectivity index (χ4v) is 3.07. The van der Waals surface area contributed by atoms with Crippen LogP contribution in [0.2, 0.25) is 0 Å². The zero-order valence-electron chi connectivity index (χ0n) is 17.3. The number of guanidine groups is 1. The Kier molecular flexibility index (Phi) is 11.1. The summed E-state index contributed by atoms with van der Waals surface area (Å²) in [7, 11) is 4.04. The Hall–Kier alpha value is -0.850. The predicted molar refractivity (Wildman–Crippen MR) is 107 cm³/mol. The van der Waals surface area contributed by atoms with Crippen molar-refractivity contribution >= 4 is 5.96 Å².